The summed E-state index contributed by atoms with van der Waals surface area (Å²) < 4.78 is 21.6. The third kappa shape index (κ3) is 7.67. The van der Waals surface area contributed by atoms with Crippen molar-refractivity contribution in [1.29, 1.82) is 0 Å². The van der Waals surface area contributed by atoms with Crippen LogP contribution < -0.4 is 30.3 Å². The number of amides is 3. The van der Waals surface area contributed by atoms with E-state index in [9.17, 15) is 14.4 Å². The summed E-state index contributed by atoms with van der Waals surface area (Å²) in [6, 6.07) is 6.73. The average molecular weight is 591 g/mol. The van der Waals surface area contributed by atoms with Crippen molar-refractivity contribution in [3.63, 3.8) is 0 Å². The molecular weight excluding hydrogens is 563 g/mol. The summed E-state index contributed by atoms with van der Waals surface area (Å²) in [5, 5.41) is 9.75. The van der Waals surface area contributed by atoms with Crippen LogP contribution in [0.5, 0.6) is 17.2 Å². The number of nitrogens with one attached hydrogen (secondary N) is 3. The highest BCUT2D eigenvalue weighted by Gasteiger charge is 2.32. The Balaban J connectivity index is 1.66. The van der Waals surface area contributed by atoms with Crippen molar-refractivity contribution in [3.05, 3.63) is 75.4 Å². The van der Waals surface area contributed by atoms with Gasteiger partial charge in [0.1, 0.15) is 6.61 Å². The number of hydrazone groups is 1. The number of urea groups is 1. The summed E-state index contributed by atoms with van der Waals surface area (Å²) in [5.41, 5.74) is 4.08. The lowest BCUT2D eigenvalue weighted by atomic mass is 9.95. The molecule has 3 amide bonds. The molecule has 212 valence electrons. The van der Waals surface area contributed by atoms with E-state index in [1.807, 2.05) is 0 Å². The number of allylic oxidation sites excluding steroid dienone is 1. The Kier molecular flexibility index (Phi) is 10.8. The number of halogens is 2. The van der Waals surface area contributed by atoms with Crippen LogP contribution in [-0.4, -0.2) is 51.1 Å². The minimum Gasteiger partial charge on any atom is -0.493 e. The summed E-state index contributed by atoms with van der Waals surface area (Å²) in [6.45, 7) is 6.93. The Morgan fingerprint density at radius 1 is 1.15 bits per heavy atom. The fourth-order valence-electron chi connectivity index (χ4n) is 3.69. The minimum absolute atomic E-state index is 0.178. The van der Waals surface area contributed by atoms with E-state index in [4.69, 9.17) is 42.1 Å². The zero-order valence-electron chi connectivity index (χ0n) is 22.0. The van der Waals surface area contributed by atoms with Gasteiger partial charge in [-0.05, 0) is 49.2 Å². The lowest BCUT2D eigenvalue weighted by Crippen LogP contribution is -2.45. The van der Waals surface area contributed by atoms with Crippen LogP contribution in [0, 0.1) is 0 Å². The second-order valence-corrected chi connectivity index (χ2v) is 9.01. The highest BCUT2D eigenvalue weighted by atomic mass is 35.5. The lowest BCUT2D eigenvalue weighted by molar-refractivity contribution is -0.139. The normalized spacial score (nSPS) is 14.7. The number of benzene rings is 2. The van der Waals surface area contributed by atoms with Crippen LogP contribution in [0.25, 0.3) is 0 Å². The Bertz CT molecular complexity index is 1340. The number of esters is 1. The highest BCUT2D eigenvalue weighted by Crippen LogP contribution is 2.35. The van der Waals surface area contributed by atoms with E-state index in [-0.39, 0.29) is 46.9 Å². The number of rotatable bonds is 12. The number of carbonyl (C=O) groups is 3. The van der Waals surface area contributed by atoms with E-state index in [0.29, 0.717) is 22.6 Å². The van der Waals surface area contributed by atoms with E-state index in [2.05, 4.69) is 27.7 Å². The number of methoxy groups -OCH3 is 1. The van der Waals surface area contributed by atoms with Gasteiger partial charge in [-0.3, -0.25) is 4.79 Å². The van der Waals surface area contributed by atoms with Gasteiger partial charge in [0.05, 0.1) is 41.6 Å². The highest BCUT2D eigenvalue weighted by molar-refractivity contribution is 6.37. The van der Waals surface area contributed by atoms with Gasteiger partial charge in [-0.2, -0.15) is 5.10 Å². The van der Waals surface area contributed by atoms with E-state index in [1.54, 1.807) is 50.3 Å². The number of hydrogen-bond donors (Lipinski definition) is 3. The number of carbonyl (C=O) groups excluding carboxylic acids is 3. The summed E-state index contributed by atoms with van der Waals surface area (Å²) in [5.74, 6) is -0.235. The van der Waals surface area contributed by atoms with Crippen molar-refractivity contribution >= 4 is 47.3 Å². The molecular formula is C27H28Cl2N4O7. The molecule has 0 saturated carbocycles. The van der Waals surface area contributed by atoms with Gasteiger partial charge in [0, 0.05) is 5.70 Å². The molecule has 0 unspecified atom stereocenters. The van der Waals surface area contributed by atoms with Gasteiger partial charge in [-0.25, -0.2) is 15.0 Å². The van der Waals surface area contributed by atoms with Crippen LogP contribution in [0.4, 0.5) is 4.79 Å². The Morgan fingerprint density at radius 3 is 2.52 bits per heavy atom. The predicted molar refractivity (Wildman–Crippen MR) is 150 cm³/mol. The molecule has 0 spiro atoms. The molecule has 1 aliphatic rings. The van der Waals surface area contributed by atoms with Crippen molar-refractivity contribution in [2.45, 2.75) is 19.9 Å². The molecule has 0 bridgehead atoms. The van der Waals surface area contributed by atoms with E-state index in [0.717, 1.165) is 0 Å². The quantitative estimate of drug-likeness (QED) is 0.145. The van der Waals surface area contributed by atoms with Gasteiger partial charge in [0.2, 0.25) is 0 Å². The van der Waals surface area contributed by atoms with Gasteiger partial charge >= 0.3 is 12.0 Å². The van der Waals surface area contributed by atoms with Crippen molar-refractivity contribution < 1.29 is 33.3 Å². The maximum absolute atomic E-state index is 12.6. The van der Waals surface area contributed by atoms with E-state index < -0.39 is 23.9 Å². The fourth-order valence-corrected chi connectivity index (χ4v) is 4.31. The summed E-state index contributed by atoms with van der Waals surface area (Å²) >= 11 is 12.4. The molecule has 0 saturated heterocycles. The monoisotopic (exact) mass is 590 g/mol. The fraction of sp³-hybridized carbons (Fsp3) is 0.259. The summed E-state index contributed by atoms with van der Waals surface area (Å²) in [7, 11) is 1.43. The zero-order valence-corrected chi connectivity index (χ0v) is 23.5. The topological polar surface area (TPSA) is 137 Å². The average Bonchev–Trinajstić information content (AvgIpc) is 2.91. The predicted octanol–water partition coefficient (Wildman–Crippen LogP) is 4.29. The Hall–Kier alpha value is -4.22. The third-order valence-corrected chi connectivity index (χ3v) is 5.97. The van der Waals surface area contributed by atoms with Crippen LogP contribution in [0.2, 0.25) is 10.0 Å². The van der Waals surface area contributed by atoms with Crippen LogP contribution in [0.15, 0.2) is 59.4 Å². The standard InChI is InChI=1S/C27H28Cl2N4O7/c1-5-9-39-25-18(28)10-16(11-19(25)29)13-30-33-22(34)14-40-20-8-7-17(12-21(20)37-4)24-23(26(35)38-6-2)15(3)31-27(36)32-24/h5,7-8,10-13,24H,1,6,9,14H2,2-4H3,(H,33,34)(H2,31,32,36)/b30-13-/t24-/m0/s1. The van der Waals surface area contributed by atoms with Gasteiger partial charge in [-0.1, -0.05) is 41.9 Å². The molecule has 0 fully saturated rings. The first-order valence-corrected chi connectivity index (χ1v) is 12.7. The van der Waals surface area contributed by atoms with Crippen molar-refractivity contribution in [2.24, 2.45) is 5.10 Å². The molecule has 13 heteroatoms. The molecule has 1 heterocycles. The molecule has 11 nitrogen and oxygen atoms in total. The van der Waals surface area contributed by atoms with Crippen molar-refractivity contribution in [1.82, 2.24) is 16.1 Å². The van der Waals surface area contributed by atoms with E-state index in [1.165, 1.54) is 13.3 Å². The first kappa shape index (κ1) is 30.3. The third-order valence-electron chi connectivity index (χ3n) is 5.41. The Labute approximate surface area is 241 Å². The van der Waals surface area contributed by atoms with Gasteiger partial charge < -0.3 is 29.6 Å². The maximum Gasteiger partial charge on any atom is 0.338 e. The van der Waals surface area contributed by atoms with Gasteiger partial charge in [0.25, 0.3) is 5.91 Å². The smallest absolute Gasteiger partial charge is 0.338 e. The van der Waals surface area contributed by atoms with Gasteiger partial charge in [-0.15, -0.1) is 0 Å². The molecule has 3 N–H and O–H groups in total. The largest absolute Gasteiger partial charge is 0.493 e. The first-order valence-electron chi connectivity index (χ1n) is 12.0. The van der Waals surface area contributed by atoms with Crippen LogP contribution in [-0.2, 0) is 14.3 Å². The van der Waals surface area contributed by atoms with Crippen LogP contribution in [0.1, 0.15) is 31.0 Å². The van der Waals surface area contributed by atoms with E-state index >= 15 is 0 Å². The molecule has 1 atom stereocenters. The molecule has 3 rings (SSSR count). The minimum atomic E-state index is -0.780. The molecule has 0 radical (unpaired) electrons. The first-order chi connectivity index (χ1) is 19.2. The van der Waals surface area contributed by atoms with Crippen LogP contribution >= 0.6 is 23.2 Å². The second-order valence-electron chi connectivity index (χ2n) is 8.20. The molecule has 40 heavy (non-hydrogen) atoms. The summed E-state index contributed by atoms with van der Waals surface area (Å²) in [4.78, 5) is 37.0. The molecule has 0 aromatic heterocycles. The summed E-state index contributed by atoms with van der Waals surface area (Å²) in [6.07, 6.45) is 2.93. The molecule has 0 aliphatic carbocycles. The molecule has 2 aromatic rings. The SMILES string of the molecule is C=CCOc1c(Cl)cc(/C=N\NC(=O)COc2ccc([C@@H]3NC(=O)NC(C)=C3C(=O)OCC)cc2OC)cc1Cl. The van der Waals surface area contributed by atoms with Crippen molar-refractivity contribution in [2.75, 3.05) is 26.9 Å². The second kappa shape index (κ2) is 14.2. The van der Waals surface area contributed by atoms with Gasteiger partial charge in [0.15, 0.2) is 23.9 Å². The maximum atomic E-state index is 12.6. The van der Waals surface area contributed by atoms with Crippen molar-refractivity contribution in [3.8, 4) is 17.2 Å². The number of nitrogens with zero attached hydrogens (tertiary/aromatic N) is 1. The number of ether oxygens (including phenoxy) is 4. The molecule has 1 aliphatic heterocycles. The Morgan fingerprint density at radius 2 is 1.88 bits per heavy atom. The zero-order chi connectivity index (χ0) is 29.2. The molecule has 2 aromatic carbocycles. The number of hydrogen-bond acceptors (Lipinski definition) is 8. The lowest BCUT2D eigenvalue weighted by Gasteiger charge is -2.28. The van der Waals surface area contributed by atoms with Crippen LogP contribution in [0.3, 0.4) is 0 Å².